The van der Waals surface area contributed by atoms with Gasteiger partial charge in [-0.1, -0.05) is 13.0 Å². The number of hydrogen-bond acceptors (Lipinski definition) is 4. The Morgan fingerprint density at radius 1 is 1.48 bits per heavy atom. The van der Waals surface area contributed by atoms with Crippen molar-refractivity contribution in [3.8, 4) is 0 Å². The van der Waals surface area contributed by atoms with Gasteiger partial charge in [0.05, 0.1) is 4.92 Å². The molecule has 2 rings (SSSR count). The minimum Gasteiger partial charge on any atom is -0.383 e. The van der Waals surface area contributed by atoms with E-state index in [0.29, 0.717) is 5.69 Å². The van der Waals surface area contributed by atoms with Crippen LogP contribution in [0.25, 0.3) is 0 Å². The van der Waals surface area contributed by atoms with Crippen molar-refractivity contribution >= 4 is 17.3 Å². The van der Waals surface area contributed by atoms with Crippen LogP contribution in [0.3, 0.4) is 0 Å². The molecule has 0 radical (unpaired) electrons. The Kier molecular flexibility index (Phi) is 4.45. The summed E-state index contributed by atoms with van der Waals surface area (Å²) in [6, 6.07) is 5.12. The number of benzene rings is 1. The zero-order valence-electron chi connectivity index (χ0n) is 12.6. The lowest BCUT2D eigenvalue weighted by molar-refractivity contribution is -0.384. The smallest absolute Gasteiger partial charge is 0.305 e. The van der Waals surface area contributed by atoms with Crippen molar-refractivity contribution in [2.45, 2.75) is 45.2 Å². The van der Waals surface area contributed by atoms with Crippen LogP contribution in [0.4, 0.5) is 11.4 Å². The molecule has 2 atom stereocenters. The lowest BCUT2D eigenvalue weighted by Crippen LogP contribution is -2.40. The Labute approximate surface area is 124 Å². The summed E-state index contributed by atoms with van der Waals surface area (Å²) in [6.07, 6.45) is 2.78. The van der Waals surface area contributed by atoms with Gasteiger partial charge in [0.25, 0.3) is 5.91 Å². The van der Waals surface area contributed by atoms with E-state index in [1.54, 1.807) is 25.2 Å². The molecule has 0 spiro atoms. The number of amides is 1. The van der Waals surface area contributed by atoms with E-state index in [9.17, 15) is 14.9 Å². The van der Waals surface area contributed by atoms with Crippen molar-refractivity contribution in [3.05, 3.63) is 33.9 Å². The molecule has 1 heterocycles. The van der Waals surface area contributed by atoms with Gasteiger partial charge in [-0.2, -0.15) is 0 Å². The summed E-state index contributed by atoms with van der Waals surface area (Å²) < 4.78 is 0. The maximum Gasteiger partial charge on any atom is 0.305 e. The quantitative estimate of drug-likeness (QED) is 0.683. The Morgan fingerprint density at radius 3 is 2.76 bits per heavy atom. The molecule has 0 aliphatic carbocycles. The molecule has 1 aliphatic heterocycles. The second-order valence-electron chi connectivity index (χ2n) is 5.41. The summed E-state index contributed by atoms with van der Waals surface area (Å²) in [4.78, 5) is 25.5. The van der Waals surface area contributed by atoms with Crippen LogP contribution in [0.1, 0.15) is 43.5 Å². The number of nitro groups is 1. The fraction of sp³-hybridized carbons (Fsp3) is 0.533. The van der Waals surface area contributed by atoms with Crippen molar-refractivity contribution in [2.75, 3.05) is 12.4 Å². The molecule has 6 nitrogen and oxygen atoms in total. The average molecular weight is 291 g/mol. The van der Waals surface area contributed by atoms with Crippen LogP contribution < -0.4 is 5.32 Å². The highest BCUT2D eigenvalue weighted by Crippen LogP contribution is 2.33. The molecule has 1 aromatic carbocycles. The Bertz CT molecular complexity index is 559. The average Bonchev–Trinajstić information content (AvgIpc) is 2.86. The van der Waals surface area contributed by atoms with E-state index >= 15 is 0 Å². The molecule has 21 heavy (non-hydrogen) atoms. The van der Waals surface area contributed by atoms with Gasteiger partial charge in [0.15, 0.2) is 0 Å². The molecule has 1 aromatic rings. The fourth-order valence-corrected chi connectivity index (χ4v) is 3.09. The monoisotopic (exact) mass is 291 g/mol. The number of anilines is 1. The van der Waals surface area contributed by atoms with Crippen LogP contribution in [0.2, 0.25) is 0 Å². The lowest BCUT2D eigenvalue weighted by Gasteiger charge is -2.28. The van der Waals surface area contributed by atoms with Gasteiger partial charge in [-0.25, -0.2) is 0 Å². The largest absolute Gasteiger partial charge is 0.383 e. The number of carbonyl (C=O) groups excluding carboxylic acids is 1. The van der Waals surface area contributed by atoms with Crippen molar-refractivity contribution in [2.24, 2.45) is 0 Å². The number of para-hydroxylation sites is 1. The van der Waals surface area contributed by atoms with E-state index in [2.05, 4.69) is 5.32 Å². The summed E-state index contributed by atoms with van der Waals surface area (Å²) in [5.41, 5.74) is 0.392. The molecule has 0 bridgehead atoms. The molecule has 0 saturated carbocycles. The molecule has 1 saturated heterocycles. The van der Waals surface area contributed by atoms with Crippen LogP contribution >= 0.6 is 0 Å². The first-order chi connectivity index (χ1) is 10.0. The minimum absolute atomic E-state index is 0.125. The highest BCUT2D eigenvalue weighted by Gasteiger charge is 2.36. The van der Waals surface area contributed by atoms with E-state index in [1.807, 2.05) is 18.7 Å². The van der Waals surface area contributed by atoms with Crippen LogP contribution in [0.5, 0.6) is 0 Å². The number of nitrogens with zero attached hydrogens (tertiary/aromatic N) is 2. The normalized spacial score (nSPS) is 21.4. The van der Waals surface area contributed by atoms with Gasteiger partial charge in [-0.15, -0.1) is 0 Å². The number of rotatable bonds is 4. The molecular formula is C15H21N3O3. The van der Waals surface area contributed by atoms with Crippen molar-refractivity contribution in [1.82, 2.24) is 4.90 Å². The van der Waals surface area contributed by atoms with Gasteiger partial charge < -0.3 is 10.2 Å². The number of carbonyl (C=O) groups is 1. The molecule has 2 unspecified atom stereocenters. The molecule has 0 aromatic heterocycles. The zero-order valence-corrected chi connectivity index (χ0v) is 12.6. The summed E-state index contributed by atoms with van der Waals surface area (Å²) in [5, 5.41) is 14.1. The molecule has 114 valence electrons. The van der Waals surface area contributed by atoms with Crippen LogP contribution in [0, 0.1) is 10.1 Å². The highest BCUT2D eigenvalue weighted by atomic mass is 16.6. The summed E-state index contributed by atoms with van der Waals surface area (Å²) >= 11 is 0. The molecule has 1 fully saturated rings. The van der Waals surface area contributed by atoms with E-state index in [0.717, 1.165) is 19.3 Å². The Morgan fingerprint density at radius 2 is 2.19 bits per heavy atom. The Hall–Kier alpha value is -2.11. The molecule has 1 aliphatic rings. The molecule has 1 amide bonds. The second-order valence-corrected chi connectivity index (χ2v) is 5.41. The van der Waals surface area contributed by atoms with Crippen LogP contribution in [0.15, 0.2) is 18.2 Å². The van der Waals surface area contributed by atoms with E-state index < -0.39 is 4.92 Å². The van der Waals surface area contributed by atoms with E-state index in [4.69, 9.17) is 0 Å². The topological polar surface area (TPSA) is 75.5 Å². The number of nitro benzene ring substituents is 1. The predicted molar refractivity (Wildman–Crippen MR) is 81.6 cm³/mol. The second kappa shape index (κ2) is 6.11. The lowest BCUT2D eigenvalue weighted by atomic mass is 10.1. The molecule has 1 N–H and O–H groups in total. The third kappa shape index (κ3) is 2.70. The van der Waals surface area contributed by atoms with Crippen molar-refractivity contribution in [3.63, 3.8) is 0 Å². The first-order valence-corrected chi connectivity index (χ1v) is 7.29. The van der Waals surface area contributed by atoms with Crippen LogP contribution in [-0.2, 0) is 0 Å². The third-order valence-corrected chi connectivity index (χ3v) is 4.21. The van der Waals surface area contributed by atoms with E-state index in [1.165, 1.54) is 0 Å². The number of likely N-dealkylation sites (tertiary alicyclic amines) is 1. The van der Waals surface area contributed by atoms with Crippen molar-refractivity contribution in [1.29, 1.82) is 0 Å². The highest BCUT2D eigenvalue weighted by molar-refractivity contribution is 6.01. The van der Waals surface area contributed by atoms with E-state index in [-0.39, 0.29) is 29.2 Å². The summed E-state index contributed by atoms with van der Waals surface area (Å²) in [7, 11) is 1.61. The van der Waals surface area contributed by atoms with Crippen molar-refractivity contribution < 1.29 is 9.72 Å². The van der Waals surface area contributed by atoms with Gasteiger partial charge in [0.1, 0.15) is 11.3 Å². The van der Waals surface area contributed by atoms with Crippen LogP contribution in [-0.4, -0.2) is 34.9 Å². The summed E-state index contributed by atoms with van der Waals surface area (Å²) in [5.74, 6) is -0.240. The maximum atomic E-state index is 12.8. The molecular weight excluding hydrogens is 270 g/mol. The number of nitrogens with one attached hydrogen (secondary N) is 1. The zero-order chi connectivity index (χ0) is 15.6. The maximum absolute atomic E-state index is 12.8. The fourth-order valence-electron chi connectivity index (χ4n) is 3.09. The first kappa shape index (κ1) is 15.3. The first-order valence-electron chi connectivity index (χ1n) is 7.29. The minimum atomic E-state index is -0.485. The van der Waals surface area contributed by atoms with Gasteiger partial charge in [0, 0.05) is 19.1 Å². The van der Waals surface area contributed by atoms with Gasteiger partial charge in [-0.3, -0.25) is 14.9 Å². The van der Waals surface area contributed by atoms with Gasteiger partial charge in [-0.05, 0) is 38.3 Å². The third-order valence-electron chi connectivity index (χ3n) is 4.21. The summed E-state index contributed by atoms with van der Waals surface area (Å²) in [6.45, 7) is 4.04. The number of hydrogen-bond donors (Lipinski definition) is 1. The van der Waals surface area contributed by atoms with Gasteiger partial charge >= 0.3 is 5.69 Å². The molecule has 6 heteroatoms. The predicted octanol–water partition coefficient (Wildman–Crippen LogP) is 3.04. The standard InChI is InChI=1S/C15H21N3O3/c1-4-11-9-8-10(2)17(11)15(19)12-6-5-7-13(16-3)14(12)18(20)21/h5-7,10-11,16H,4,8-9H2,1-3H3. The Balaban J connectivity index is 2.46. The van der Waals surface area contributed by atoms with Gasteiger partial charge in [0.2, 0.25) is 0 Å². The SMILES string of the molecule is CCC1CCC(C)N1C(=O)c1cccc(NC)c1[N+](=O)[O-].